The van der Waals surface area contributed by atoms with Gasteiger partial charge in [0.15, 0.2) is 9.84 Å². The SMILES string of the molecule is O=C(CCS(=O)(=O)c1ccc(F)cc1)Nc1cccc(C(F)(F)F)c1. The average molecular weight is 375 g/mol. The van der Waals surface area contributed by atoms with Crippen molar-refractivity contribution in [1.29, 1.82) is 0 Å². The van der Waals surface area contributed by atoms with Crippen molar-refractivity contribution in [3.05, 3.63) is 59.9 Å². The van der Waals surface area contributed by atoms with Crippen molar-refractivity contribution in [3.63, 3.8) is 0 Å². The Morgan fingerprint density at radius 2 is 1.68 bits per heavy atom. The molecule has 0 fully saturated rings. The van der Waals surface area contributed by atoms with E-state index in [1.54, 1.807) is 0 Å². The topological polar surface area (TPSA) is 63.2 Å². The summed E-state index contributed by atoms with van der Waals surface area (Å²) in [6.45, 7) is 0. The van der Waals surface area contributed by atoms with Gasteiger partial charge in [0.2, 0.25) is 5.91 Å². The molecule has 0 unspecified atom stereocenters. The van der Waals surface area contributed by atoms with Crippen LogP contribution in [-0.2, 0) is 20.8 Å². The number of benzene rings is 2. The lowest BCUT2D eigenvalue weighted by Crippen LogP contribution is -2.18. The molecule has 0 aliphatic carbocycles. The van der Waals surface area contributed by atoms with Gasteiger partial charge in [-0.1, -0.05) is 6.07 Å². The molecule has 25 heavy (non-hydrogen) atoms. The summed E-state index contributed by atoms with van der Waals surface area (Å²) < 4.78 is 74.7. The Bertz CT molecular complexity index is 862. The third-order valence-corrected chi connectivity index (χ3v) is 4.98. The number of hydrogen-bond acceptors (Lipinski definition) is 3. The number of rotatable bonds is 5. The molecule has 0 bridgehead atoms. The third-order valence-electron chi connectivity index (χ3n) is 3.24. The Morgan fingerprint density at radius 3 is 2.28 bits per heavy atom. The van der Waals surface area contributed by atoms with Crippen molar-refractivity contribution in [2.45, 2.75) is 17.5 Å². The van der Waals surface area contributed by atoms with E-state index >= 15 is 0 Å². The molecule has 0 aliphatic heterocycles. The lowest BCUT2D eigenvalue weighted by molar-refractivity contribution is -0.137. The summed E-state index contributed by atoms with van der Waals surface area (Å²) in [5.74, 6) is -1.89. The van der Waals surface area contributed by atoms with Crippen LogP contribution in [0.15, 0.2) is 53.4 Å². The summed E-state index contributed by atoms with van der Waals surface area (Å²) in [6.07, 6.45) is -5.00. The van der Waals surface area contributed by atoms with E-state index in [9.17, 15) is 30.8 Å². The van der Waals surface area contributed by atoms with Gasteiger partial charge >= 0.3 is 6.18 Å². The van der Waals surface area contributed by atoms with Gasteiger partial charge in [0, 0.05) is 12.1 Å². The zero-order chi connectivity index (χ0) is 18.7. The van der Waals surface area contributed by atoms with E-state index in [1.807, 2.05) is 0 Å². The molecule has 0 aromatic heterocycles. The highest BCUT2D eigenvalue weighted by Gasteiger charge is 2.30. The van der Waals surface area contributed by atoms with Crippen LogP contribution in [-0.4, -0.2) is 20.1 Å². The van der Waals surface area contributed by atoms with E-state index in [-0.39, 0.29) is 10.6 Å². The molecular formula is C16H13F4NO3S. The van der Waals surface area contributed by atoms with Crippen LogP contribution in [0.4, 0.5) is 23.2 Å². The molecule has 0 heterocycles. The summed E-state index contributed by atoms with van der Waals surface area (Å²) in [5.41, 5.74) is -1.01. The van der Waals surface area contributed by atoms with Crippen LogP contribution in [0.5, 0.6) is 0 Å². The summed E-state index contributed by atoms with van der Waals surface area (Å²) in [7, 11) is -3.80. The highest BCUT2D eigenvalue weighted by Crippen LogP contribution is 2.30. The van der Waals surface area contributed by atoms with E-state index in [1.165, 1.54) is 6.07 Å². The first kappa shape index (κ1) is 18.9. The Labute approximate surface area is 141 Å². The van der Waals surface area contributed by atoms with E-state index < -0.39 is 45.5 Å². The fourth-order valence-electron chi connectivity index (χ4n) is 1.98. The first-order valence-electron chi connectivity index (χ1n) is 7.03. The van der Waals surface area contributed by atoms with Crippen molar-refractivity contribution >= 4 is 21.4 Å². The van der Waals surface area contributed by atoms with E-state index in [0.29, 0.717) is 0 Å². The molecule has 0 aliphatic rings. The number of carbonyl (C=O) groups is 1. The number of sulfone groups is 1. The molecule has 0 radical (unpaired) electrons. The Balaban J connectivity index is 2.00. The molecule has 0 saturated carbocycles. The molecule has 0 atom stereocenters. The first-order chi connectivity index (χ1) is 11.6. The van der Waals surface area contributed by atoms with Crippen LogP contribution in [0.1, 0.15) is 12.0 Å². The Hall–Kier alpha value is -2.42. The standard InChI is InChI=1S/C16H13F4NO3S/c17-12-4-6-14(7-5-12)25(23,24)9-8-15(22)21-13-3-1-2-11(10-13)16(18,19)20/h1-7,10H,8-9H2,(H,21,22). The van der Waals surface area contributed by atoms with Crippen LogP contribution in [0.3, 0.4) is 0 Å². The zero-order valence-electron chi connectivity index (χ0n) is 12.7. The first-order valence-corrected chi connectivity index (χ1v) is 8.68. The number of halogens is 4. The summed E-state index contributed by atoms with van der Waals surface area (Å²) in [5, 5.41) is 2.22. The second-order valence-electron chi connectivity index (χ2n) is 5.15. The molecule has 1 N–H and O–H groups in total. The van der Waals surface area contributed by atoms with Crippen LogP contribution in [0.25, 0.3) is 0 Å². The molecule has 2 rings (SSSR count). The van der Waals surface area contributed by atoms with Gasteiger partial charge < -0.3 is 5.32 Å². The van der Waals surface area contributed by atoms with Crippen molar-refractivity contribution in [2.75, 3.05) is 11.1 Å². The predicted molar refractivity (Wildman–Crippen MR) is 83.1 cm³/mol. The van der Waals surface area contributed by atoms with Gasteiger partial charge in [-0.15, -0.1) is 0 Å². The molecule has 2 aromatic rings. The Kier molecular flexibility index (Phi) is 5.46. The maximum absolute atomic E-state index is 12.8. The van der Waals surface area contributed by atoms with Gasteiger partial charge in [0.25, 0.3) is 0 Å². The van der Waals surface area contributed by atoms with Gasteiger partial charge in [0.1, 0.15) is 5.82 Å². The van der Waals surface area contributed by atoms with Gasteiger partial charge in [-0.05, 0) is 42.5 Å². The number of alkyl halides is 3. The van der Waals surface area contributed by atoms with Crippen LogP contribution in [0, 0.1) is 5.82 Å². The van der Waals surface area contributed by atoms with Gasteiger partial charge in [-0.25, -0.2) is 12.8 Å². The molecule has 1 amide bonds. The minimum absolute atomic E-state index is 0.0843. The fraction of sp³-hybridized carbons (Fsp3) is 0.188. The number of amides is 1. The second kappa shape index (κ2) is 7.22. The van der Waals surface area contributed by atoms with Crippen molar-refractivity contribution in [1.82, 2.24) is 0 Å². The summed E-state index contributed by atoms with van der Waals surface area (Å²) >= 11 is 0. The number of carbonyl (C=O) groups excluding carboxylic acids is 1. The quantitative estimate of drug-likeness (QED) is 0.641. The minimum atomic E-state index is -4.55. The predicted octanol–water partition coefficient (Wildman–Crippen LogP) is 3.65. The number of nitrogens with one attached hydrogen (secondary N) is 1. The highest BCUT2D eigenvalue weighted by atomic mass is 32.2. The van der Waals surface area contributed by atoms with Crippen molar-refractivity contribution in [2.24, 2.45) is 0 Å². The van der Waals surface area contributed by atoms with Gasteiger partial charge in [0.05, 0.1) is 16.2 Å². The number of hydrogen-bond donors (Lipinski definition) is 1. The van der Waals surface area contributed by atoms with Crippen LogP contribution < -0.4 is 5.32 Å². The van der Waals surface area contributed by atoms with Gasteiger partial charge in [-0.3, -0.25) is 4.79 Å². The van der Waals surface area contributed by atoms with E-state index in [4.69, 9.17) is 0 Å². The van der Waals surface area contributed by atoms with Crippen LogP contribution in [0.2, 0.25) is 0 Å². The molecule has 134 valence electrons. The third kappa shape index (κ3) is 5.28. The Morgan fingerprint density at radius 1 is 1.04 bits per heavy atom. The molecule has 4 nitrogen and oxygen atoms in total. The molecule has 2 aromatic carbocycles. The lowest BCUT2D eigenvalue weighted by atomic mass is 10.2. The lowest BCUT2D eigenvalue weighted by Gasteiger charge is -2.10. The largest absolute Gasteiger partial charge is 0.416 e. The summed E-state index contributed by atoms with van der Waals surface area (Å²) in [4.78, 5) is 11.7. The minimum Gasteiger partial charge on any atom is -0.326 e. The summed E-state index contributed by atoms with van der Waals surface area (Å²) in [6, 6.07) is 8.13. The molecule has 0 spiro atoms. The fourth-order valence-corrected chi connectivity index (χ4v) is 3.22. The molecule has 0 saturated heterocycles. The highest BCUT2D eigenvalue weighted by molar-refractivity contribution is 7.91. The normalized spacial score (nSPS) is 12.0. The second-order valence-corrected chi connectivity index (χ2v) is 7.26. The molecule has 9 heteroatoms. The number of anilines is 1. The van der Waals surface area contributed by atoms with Gasteiger partial charge in [-0.2, -0.15) is 13.2 Å². The van der Waals surface area contributed by atoms with E-state index in [2.05, 4.69) is 5.32 Å². The van der Waals surface area contributed by atoms with Crippen LogP contribution >= 0.6 is 0 Å². The van der Waals surface area contributed by atoms with E-state index in [0.717, 1.165) is 42.5 Å². The zero-order valence-corrected chi connectivity index (χ0v) is 13.5. The monoisotopic (exact) mass is 375 g/mol. The maximum Gasteiger partial charge on any atom is 0.416 e. The average Bonchev–Trinajstić information content (AvgIpc) is 2.53. The van der Waals surface area contributed by atoms with Crippen molar-refractivity contribution in [3.8, 4) is 0 Å². The molecular weight excluding hydrogens is 362 g/mol. The van der Waals surface area contributed by atoms with Crippen molar-refractivity contribution < 1.29 is 30.8 Å². The maximum atomic E-state index is 12.8. The smallest absolute Gasteiger partial charge is 0.326 e.